The summed E-state index contributed by atoms with van der Waals surface area (Å²) in [7, 11) is 0. The molecule has 4 heteroatoms. The van der Waals surface area contributed by atoms with E-state index >= 15 is 0 Å². The van der Waals surface area contributed by atoms with Crippen LogP contribution in [0, 0.1) is 0 Å². The van der Waals surface area contributed by atoms with E-state index in [4.69, 9.17) is 0 Å². The predicted octanol–water partition coefficient (Wildman–Crippen LogP) is 2.32. The fourth-order valence-electron chi connectivity index (χ4n) is 1.42. The first-order valence-corrected chi connectivity index (χ1v) is 5.76. The minimum atomic E-state index is 0.748. The maximum Gasteiger partial charge on any atom is 0.0314 e. The highest BCUT2D eigenvalue weighted by atomic mass is 15.2. The molecule has 0 saturated heterocycles. The molecule has 2 rings (SSSR count). The maximum atomic E-state index is 4.03. The third-order valence-electron chi connectivity index (χ3n) is 2.33. The number of hydrogen-bond donors (Lipinski definition) is 0. The van der Waals surface area contributed by atoms with Crippen LogP contribution in [0.4, 0.5) is 0 Å². The molecule has 0 unspecified atom stereocenters. The van der Waals surface area contributed by atoms with E-state index in [0.717, 1.165) is 24.0 Å². The largest absolute Gasteiger partial charge is 0.264 e. The van der Waals surface area contributed by atoms with Crippen molar-refractivity contribution in [1.82, 2.24) is 9.97 Å². The second-order valence-electron chi connectivity index (χ2n) is 3.73. The van der Waals surface area contributed by atoms with E-state index in [9.17, 15) is 0 Å². The van der Waals surface area contributed by atoms with Gasteiger partial charge < -0.3 is 0 Å². The van der Waals surface area contributed by atoms with E-state index in [1.165, 1.54) is 0 Å². The lowest BCUT2D eigenvalue weighted by molar-refractivity contribution is 1.17. The minimum Gasteiger partial charge on any atom is -0.264 e. The van der Waals surface area contributed by atoms with E-state index in [-0.39, 0.29) is 0 Å². The number of rotatable bonds is 5. The minimum absolute atomic E-state index is 0.748. The lowest BCUT2D eigenvalue weighted by Crippen LogP contribution is -1.87. The van der Waals surface area contributed by atoms with Crippen LogP contribution in [-0.4, -0.2) is 22.4 Å². The molecule has 0 aliphatic rings. The van der Waals surface area contributed by atoms with Gasteiger partial charge >= 0.3 is 0 Å². The molecule has 0 amide bonds. The highest BCUT2D eigenvalue weighted by Crippen LogP contribution is 1.96. The standard InChI is InChI=1S/C14H14N4/c1-3-13(11-15-7-1)5-9-17-18-10-6-14-4-2-8-16-12-14/h1-4,7-12H,5-6H2/b17-9+,18-10+. The van der Waals surface area contributed by atoms with E-state index in [1.54, 1.807) is 24.8 Å². The molecular formula is C14H14N4. The predicted molar refractivity (Wildman–Crippen MR) is 72.9 cm³/mol. The maximum absolute atomic E-state index is 4.03. The molecule has 0 radical (unpaired) electrons. The van der Waals surface area contributed by atoms with Crippen molar-refractivity contribution >= 4 is 12.4 Å². The van der Waals surface area contributed by atoms with Gasteiger partial charge in [0.1, 0.15) is 0 Å². The molecule has 0 aromatic carbocycles. The Bertz CT molecular complexity index is 456. The Morgan fingerprint density at radius 1 is 0.833 bits per heavy atom. The topological polar surface area (TPSA) is 50.5 Å². The molecule has 0 N–H and O–H groups in total. The van der Waals surface area contributed by atoms with Crippen molar-refractivity contribution in [3.63, 3.8) is 0 Å². The van der Waals surface area contributed by atoms with Crippen LogP contribution in [0.5, 0.6) is 0 Å². The van der Waals surface area contributed by atoms with Crippen molar-refractivity contribution < 1.29 is 0 Å². The van der Waals surface area contributed by atoms with Crippen LogP contribution in [-0.2, 0) is 12.8 Å². The van der Waals surface area contributed by atoms with Crippen LogP contribution in [0.25, 0.3) is 0 Å². The molecule has 0 fully saturated rings. The number of pyridine rings is 2. The number of hydrogen-bond acceptors (Lipinski definition) is 4. The molecule has 90 valence electrons. The Hall–Kier alpha value is -2.36. The molecule has 2 heterocycles. The molecule has 0 aliphatic carbocycles. The summed E-state index contributed by atoms with van der Waals surface area (Å²) in [5, 5.41) is 7.96. The molecule has 0 saturated carbocycles. The Labute approximate surface area is 106 Å². The van der Waals surface area contributed by atoms with E-state index < -0.39 is 0 Å². The van der Waals surface area contributed by atoms with Crippen molar-refractivity contribution in [2.75, 3.05) is 0 Å². The van der Waals surface area contributed by atoms with E-state index in [2.05, 4.69) is 20.2 Å². The van der Waals surface area contributed by atoms with Gasteiger partial charge in [-0.05, 0) is 23.3 Å². The highest BCUT2D eigenvalue weighted by molar-refractivity contribution is 5.64. The number of nitrogens with zero attached hydrogens (tertiary/aromatic N) is 4. The van der Waals surface area contributed by atoms with Crippen molar-refractivity contribution in [3.05, 3.63) is 60.2 Å². The van der Waals surface area contributed by atoms with E-state index in [1.807, 2.05) is 36.7 Å². The summed E-state index contributed by atoms with van der Waals surface area (Å²) in [5.41, 5.74) is 2.26. The number of aromatic nitrogens is 2. The summed E-state index contributed by atoms with van der Waals surface area (Å²) in [6, 6.07) is 7.85. The first kappa shape index (κ1) is 12.1. The summed E-state index contributed by atoms with van der Waals surface area (Å²) in [5.74, 6) is 0. The van der Waals surface area contributed by atoms with Gasteiger partial charge in [-0.3, -0.25) is 9.97 Å². The Morgan fingerprint density at radius 2 is 1.33 bits per heavy atom. The lowest BCUT2D eigenvalue weighted by Gasteiger charge is -1.92. The first-order valence-electron chi connectivity index (χ1n) is 5.76. The van der Waals surface area contributed by atoms with Crippen molar-refractivity contribution in [1.29, 1.82) is 0 Å². The molecule has 4 nitrogen and oxygen atoms in total. The van der Waals surface area contributed by atoms with Crippen LogP contribution in [0.3, 0.4) is 0 Å². The van der Waals surface area contributed by atoms with Gasteiger partial charge in [-0.15, -0.1) is 0 Å². The normalized spacial score (nSPS) is 11.3. The van der Waals surface area contributed by atoms with E-state index in [0.29, 0.717) is 0 Å². The van der Waals surface area contributed by atoms with Gasteiger partial charge in [-0.2, -0.15) is 10.2 Å². The van der Waals surface area contributed by atoms with Crippen LogP contribution in [0.2, 0.25) is 0 Å². The average Bonchev–Trinajstić information content (AvgIpc) is 2.45. The Morgan fingerprint density at radius 3 is 1.72 bits per heavy atom. The second-order valence-corrected chi connectivity index (χ2v) is 3.73. The fourth-order valence-corrected chi connectivity index (χ4v) is 1.42. The third-order valence-corrected chi connectivity index (χ3v) is 2.33. The summed E-state index contributed by atoms with van der Waals surface area (Å²) in [4.78, 5) is 8.06. The summed E-state index contributed by atoms with van der Waals surface area (Å²) < 4.78 is 0. The fraction of sp³-hybridized carbons (Fsp3) is 0.143. The first-order chi connectivity index (χ1) is 8.95. The van der Waals surface area contributed by atoms with Gasteiger partial charge in [0.25, 0.3) is 0 Å². The Kier molecular flexibility index (Phi) is 4.75. The van der Waals surface area contributed by atoms with Crippen molar-refractivity contribution in [2.45, 2.75) is 12.8 Å². The molecular weight excluding hydrogens is 224 g/mol. The van der Waals surface area contributed by atoms with Crippen LogP contribution >= 0.6 is 0 Å². The molecule has 0 spiro atoms. The van der Waals surface area contributed by atoms with Gasteiger partial charge in [0.15, 0.2) is 0 Å². The molecule has 18 heavy (non-hydrogen) atoms. The van der Waals surface area contributed by atoms with Gasteiger partial charge in [0.2, 0.25) is 0 Å². The highest BCUT2D eigenvalue weighted by Gasteiger charge is 1.88. The monoisotopic (exact) mass is 238 g/mol. The quantitative estimate of drug-likeness (QED) is 0.593. The van der Waals surface area contributed by atoms with Crippen molar-refractivity contribution in [2.24, 2.45) is 10.2 Å². The second kappa shape index (κ2) is 7.06. The third kappa shape index (κ3) is 4.25. The van der Waals surface area contributed by atoms with Gasteiger partial charge in [0, 0.05) is 50.1 Å². The van der Waals surface area contributed by atoms with Gasteiger partial charge in [-0.1, -0.05) is 12.1 Å². The van der Waals surface area contributed by atoms with Crippen molar-refractivity contribution in [3.8, 4) is 0 Å². The molecule has 2 aromatic heterocycles. The molecule has 0 bridgehead atoms. The lowest BCUT2D eigenvalue weighted by atomic mass is 10.2. The Balaban J connectivity index is 1.75. The van der Waals surface area contributed by atoms with Gasteiger partial charge in [0.05, 0.1) is 0 Å². The molecule has 0 aliphatic heterocycles. The molecule has 0 atom stereocenters. The summed E-state index contributed by atoms with van der Waals surface area (Å²) in [6.07, 6.45) is 12.2. The van der Waals surface area contributed by atoms with Crippen LogP contribution in [0.15, 0.2) is 59.3 Å². The van der Waals surface area contributed by atoms with Crippen LogP contribution in [0.1, 0.15) is 11.1 Å². The van der Waals surface area contributed by atoms with Crippen LogP contribution < -0.4 is 0 Å². The zero-order valence-electron chi connectivity index (χ0n) is 9.98. The zero-order chi connectivity index (χ0) is 12.5. The zero-order valence-corrected chi connectivity index (χ0v) is 9.98. The smallest absolute Gasteiger partial charge is 0.0314 e. The summed E-state index contributed by atoms with van der Waals surface area (Å²) >= 11 is 0. The SMILES string of the molecule is C(/Cc1cccnc1)=N\N=C\Cc1cccnc1. The molecule has 2 aromatic rings. The average molecular weight is 238 g/mol. The summed E-state index contributed by atoms with van der Waals surface area (Å²) in [6.45, 7) is 0. The van der Waals surface area contributed by atoms with Gasteiger partial charge in [-0.25, -0.2) is 0 Å².